The maximum absolute atomic E-state index is 5.81. The van der Waals surface area contributed by atoms with E-state index in [1.54, 1.807) is 0 Å². The molecule has 2 nitrogen and oxygen atoms in total. The highest BCUT2D eigenvalue weighted by molar-refractivity contribution is 7.80. The molecule has 0 saturated carbocycles. The van der Waals surface area contributed by atoms with Crippen LogP contribution in [-0.2, 0) is 6.42 Å². The Bertz CT molecular complexity index is 294. The summed E-state index contributed by atoms with van der Waals surface area (Å²) in [5, 5.41) is 0.991. The molecule has 0 aliphatic heterocycles. The summed E-state index contributed by atoms with van der Waals surface area (Å²) in [4.78, 5) is 4.17. The van der Waals surface area contributed by atoms with Crippen molar-refractivity contribution in [3.05, 3.63) is 28.0 Å². The van der Waals surface area contributed by atoms with Gasteiger partial charge in [0.15, 0.2) is 0 Å². The number of nitrogens with zero attached hydrogens (tertiary/aromatic N) is 1. The molecule has 1 aromatic heterocycles. The molecule has 0 bridgehead atoms. The second-order valence-electron chi connectivity index (χ2n) is 2.22. The van der Waals surface area contributed by atoms with Gasteiger partial charge in [-0.1, -0.05) is 35.4 Å². The van der Waals surface area contributed by atoms with E-state index in [1.165, 1.54) is 12.4 Å². The molecule has 12 heavy (non-hydrogen) atoms. The van der Waals surface area contributed by atoms with Crippen molar-refractivity contribution in [3.63, 3.8) is 0 Å². The number of thiocarbonyl (C=S) groups is 1. The first-order valence-electron chi connectivity index (χ1n) is 3.17. The summed E-state index contributed by atoms with van der Waals surface area (Å²) in [5.41, 5.74) is 6.09. The van der Waals surface area contributed by atoms with E-state index in [1.807, 2.05) is 0 Å². The first-order valence-corrected chi connectivity index (χ1v) is 4.34. The van der Waals surface area contributed by atoms with Gasteiger partial charge in [0, 0.05) is 18.8 Å². The van der Waals surface area contributed by atoms with Crippen LogP contribution in [0.4, 0.5) is 0 Å². The fourth-order valence-electron chi connectivity index (χ4n) is 0.781. The van der Waals surface area contributed by atoms with Crippen molar-refractivity contribution in [3.8, 4) is 0 Å². The van der Waals surface area contributed by atoms with Gasteiger partial charge in [-0.05, 0) is 5.56 Å². The van der Waals surface area contributed by atoms with Crippen LogP contribution in [0.3, 0.4) is 0 Å². The average molecular weight is 221 g/mol. The highest BCUT2D eigenvalue weighted by Crippen LogP contribution is 2.22. The zero-order valence-electron chi connectivity index (χ0n) is 6.05. The average Bonchev–Trinajstić information content (AvgIpc) is 1.97. The van der Waals surface area contributed by atoms with Crippen molar-refractivity contribution in [2.24, 2.45) is 5.73 Å². The van der Waals surface area contributed by atoms with Gasteiger partial charge in [0.25, 0.3) is 0 Å². The molecular weight excluding hydrogens is 215 g/mol. The lowest BCUT2D eigenvalue weighted by Crippen LogP contribution is -2.11. The normalized spacial score (nSPS) is 9.83. The number of halogens is 2. The third-order valence-corrected chi connectivity index (χ3v) is 2.10. The maximum atomic E-state index is 5.81. The fraction of sp³-hybridized carbons (Fsp3) is 0.143. The van der Waals surface area contributed by atoms with Gasteiger partial charge in [-0.25, -0.2) is 0 Å². The zero-order chi connectivity index (χ0) is 9.14. The van der Waals surface area contributed by atoms with Crippen LogP contribution in [0.25, 0.3) is 0 Å². The summed E-state index contributed by atoms with van der Waals surface area (Å²) in [6.45, 7) is 0. The van der Waals surface area contributed by atoms with Crippen LogP contribution < -0.4 is 5.73 Å². The van der Waals surface area contributed by atoms with Crippen molar-refractivity contribution in [2.75, 3.05) is 0 Å². The van der Waals surface area contributed by atoms with Gasteiger partial charge in [-0.2, -0.15) is 0 Å². The van der Waals surface area contributed by atoms with Crippen LogP contribution in [0.5, 0.6) is 0 Å². The molecule has 0 aromatic carbocycles. The first-order chi connectivity index (χ1) is 5.61. The summed E-state index contributed by atoms with van der Waals surface area (Å²) in [6, 6.07) is 0. The molecule has 0 radical (unpaired) electrons. The minimum atomic E-state index is 0.366. The van der Waals surface area contributed by atoms with Crippen molar-refractivity contribution in [1.82, 2.24) is 4.98 Å². The van der Waals surface area contributed by atoms with Gasteiger partial charge < -0.3 is 5.73 Å². The maximum Gasteiger partial charge on any atom is 0.0772 e. The van der Waals surface area contributed by atoms with Crippen molar-refractivity contribution < 1.29 is 0 Å². The lowest BCUT2D eigenvalue weighted by atomic mass is 10.2. The summed E-state index contributed by atoms with van der Waals surface area (Å²) in [7, 11) is 0. The molecule has 0 atom stereocenters. The van der Waals surface area contributed by atoms with E-state index in [4.69, 9.17) is 41.2 Å². The monoisotopic (exact) mass is 220 g/mol. The minimum Gasteiger partial charge on any atom is -0.393 e. The number of rotatable bonds is 2. The highest BCUT2D eigenvalue weighted by atomic mass is 35.5. The Hall–Kier alpha value is -0.380. The molecule has 2 N–H and O–H groups in total. The van der Waals surface area contributed by atoms with Crippen LogP contribution in [0.2, 0.25) is 10.0 Å². The molecule has 0 unspecified atom stereocenters. The molecular formula is C7H6Cl2N2S. The van der Waals surface area contributed by atoms with Crippen LogP contribution in [0, 0.1) is 0 Å². The summed E-state index contributed by atoms with van der Waals surface area (Å²) >= 11 is 16.4. The Balaban J connectivity index is 3.04. The molecule has 1 heterocycles. The second kappa shape index (κ2) is 4.03. The smallest absolute Gasteiger partial charge is 0.0772 e. The SMILES string of the molecule is NC(=S)Cc1c(Cl)cncc1Cl. The Morgan fingerprint density at radius 1 is 1.42 bits per heavy atom. The Kier molecular flexibility index (Phi) is 3.26. The van der Waals surface area contributed by atoms with Crippen molar-refractivity contribution in [2.45, 2.75) is 6.42 Å². The molecule has 1 aromatic rings. The predicted octanol–water partition coefficient (Wildman–Crippen LogP) is 2.22. The van der Waals surface area contributed by atoms with E-state index in [-0.39, 0.29) is 0 Å². The molecule has 1 rings (SSSR count). The van der Waals surface area contributed by atoms with E-state index in [0.717, 1.165) is 5.56 Å². The number of nitrogens with two attached hydrogens (primary N) is 1. The third-order valence-electron chi connectivity index (χ3n) is 1.30. The third kappa shape index (κ3) is 2.30. The number of hydrogen-bond donors (Lipinski definition) is 1. The zero-order valence-corrected chi connectivity index (χ0v) is 8.38. The van der Waals surface area contributed by atoms with Gasteiger partial charge in [0.05, 0.1) is 15.0 Å². The summed E-state index contributed by atoms with van der Waals surface area (Å²) < 4.78 is 0. The van der Waals surface area contributed by atoms with Crippen LogP contribution in [-0.4, -0.2) is 9.97 Å². The first kappa shape index (κ1) is 9.71. The number of pyridine rings is 1. The molecule has 0 fully saturated rings. The molecule has 0 amide bonds. The van der Waals surface area contributed by atoms with Crippen LogP contribution in [0.1, 0.15) is 5.56 Å². The molecule has 64 valence electrons. The van der Waals surface area contributed by atoms with E-state index in [9.17, 15) is 0 Å². The van der Waals surface area contributed by atoms with Gasteiger partial charge in [-0.15, -0.1) is 0 Å². The van der Waals surface area contributed by atoms with Crippen LogP contribution in [0.15, 0.2) is 12.4 Å². The molecule has 0 aliphatic carbocycles. The highest BCUT2D eigenvalue weighted by Gasteiger charge is 2.06. The molecule has 0 spiro atoms. The quantitative estimate of drug-likeness (QED) is 0.778. The van der Waals surface area contributed by atoms with E-state index in [2.05, 4.69) is 4.98 Å². The van der Waals surface area contributed by atoms with E-state index >= 15 is 0 Å². The Morgan fingerprint density at radius 3 is 2.33 bits per heavy atom. The standard InChI is InChI=1S/C7H6Cl2N2S/c8-5-2-11-3-6(9)4(5)1-7(10)12/h2-3H,1H2,(H2,10,12). The Morgan fingerprint density at radius 2 is 1.92 bits per heavy atom. The number of aromatic nitrogens is 1. The fourth-order valence-corrected chi connectivity index (χ4v) is 1.42. The van der Waals surface area contributed by atoms with E-state index < -0.39 is 0 Å². The lowest BCUT2D eigenvalue weighted by Gasteiger charge is -2.03. The van der Waals surface area contributed by atoms with Crippen molar-refractivity contribution in [1.29, 1.82) is 0 Å². The largest absolute Gasteiger partial charge is 0.393 e. The number of hydrogen-bond acceptors (Lipinski definition) is 2. The summed E-state index contributed by atoms with van der Waals surface area (Å²) in [6.07, 6.45) is 3.44. The van der Waals surface area contributed by atoms with Crippen LogP contribution >= 0.6 is 35.4 Å². The molecule has 0 saturated heterocycles. The van der Waals surface area contributed by atoms with Gasteiger partial charge >= 0.3 is 0 Å². The van der Waals surface area contributed by atoms with Gasteiger partial charge in [0.1, 0.15) is 0 Å². The lowest BCUT2D eigenvalue weighted by molar-refractivity contribution is 1.24. The van der Waals surface area contributed by atoms with Gasteiger partial charge in [-0.3, -0.25) is 4.98 Å². The minimum absolute atomic E-state index is 0.366. The topological polar surface area (TPSA) is 38.9 Å². The summed E-state index contributed by atoms with van der Waals surface area (Å²) in [5.74, 6) is 0. The van der Waals surface area contributed by atoms with Crippen molar-refractivity contribution >= 4 is 40.4 Å². The Labute approximate surface area is 85.7 Å². The van der Waals surface area contributed by atoms with Gasteiger partial charge in [0.2, 0.25) is 0 Å². The predicted molar refractivity (Wildman–Crippen MR) is 54.7 cm³/mol. The van der Waals surface area contributed by atoms with E-state index in [0.29, 0.717) is 21.5 Å². The second-order valence-corrected chi connectivity index (χ2v) is 3.56. The molecule has 5 heteroatoms. The molecule has 0 aliphatic rings.